The van der Waals surface area contributed by atoms with E-state index in [4.69, 9.17) is 0 Å². The highest BCUT2D eigenvalue weighted by Gasteiger charge is 2.27. The SMILES string of the molecule is CC1Cc2ccccc2N1C[C@H]1CCCNC1. The van der Waals surface area contributed by atoms with Crippen LogP contribution < -0.4 is 10.2 Å². The molecule has 17 heavy (non-hydrogen) atoms. The van der Waals surface area contributed by atoms with Gasteiger partial charge in [-0.15, -0.1) is 0 Å². The number of nitrogens with zero attached hydrogens (tertiary/aromatic N) is 1. The predicted molar refractivity (Wildman–Crippen MR) is 72.5 cm³/mol. The smallest absolute Gasteiger partial charge is 0.0402 e. The zero-order valence-corrected chi connectivity index (χ0v) is 10.7. The van der Waals surface area contributed by atoms with Crippen molar-refractivity contribution in [2.45, 2.75) is 32.2 Å². The molecule has 2 heteroatoms. The van der Waals surface area contributed by atoms with Crippen LogP contribution in [-0.2, 0) is 6.42 Å². The van der Waals surface area contributed by atoms with E-state index in [0.717, 1.165) is 5.92 Å². The fourth-order valence-electron chi connectivity index (χ4n) is 3.27. The summed E-state index contributed by atoms with van der Waals surface area (Å²) >= 11 is 0. The van der Waals surface area contributed by atoms with E-state index in [1.165, 1.54) is 50.1 Å². The van der Waals surface area contributed by atoms with Gasteiger partial charge >= 0.3 is 0 Å². The van der Waals surface area contributed by atoms with E-state index in [9.17, 15) is 0 Å². The van der Waals surface area contributed by atoms with Crippen LogP contribution in [0.5, 0.6) is 0 Å². The van der Waals surface area contributed by atoms with Crippen LogP contribution in [0, 0.1) is 5.92 Å². The third-order valence-corrected chi connectivity index (χ3v) is 4.20. The highest BCUT2D eigenvalue weighted by Crippen LogP contribution is 2.32. The van der Waals surface area contributed by atoms with Gasteiger partial charge < -0.3 is 10.2 Å². The van der Waals surface area contributed by atoms with E-state index >= 15 is 0 Å². The quantitative estimate of drug-likeness (QED) is 0.839. The topological polar surface area (TPSA) is 15.3 Å². The fourth-order valence-corrected chi connectivity index (χ4v) is 3.27. The van der Waals surface area contributed by atoms with Gasteiger partial charge in [0.15, 0.2) is 0 Å². The van der Waals surface area contributed by atoms with Crippen LogP contribution in [0.3, 0.4) is 0 Å². The Labute approximate surface area is 104 Å². The average Bonchev–Trinajstić information content (AvgIpc) is 2.68. The number of anilines is 1. The molecule has 1 saturated heterocycles. The van der Waals surface area contributed by atoms with Crippen molar-refractivity contribution in [1.82, 2.24) is 5.32 Å². The summed E-state index contributed by atoms with van der Waals surface area (Å²) < 4.78 is 0. The van der Waals surface area contributed by atoms with E-state index in [-0.39, 0.29) is 0 Å². The van der Waals surface area contributed by atoms with Crippen LogP contribution in [0.25, 0.3) is 0 Å². The van der Waals surface area contributed by atoms with Gasteiger partial charge in [-0.1, -0.05) is 18.2 Å². The molecular formula is C15H22N2. The van der Waals surface area contributed by atoms with Crippen LogP contribution >= 0.6 is 0 Å². The average molecular weight is 230 g/mol. The van der Waals surface area contributed by atoms with Gasteiger partial charge in [0.25, 0.3) is 0 Å². The standard InChI is InChI=1S/C15H22N2/c1-12-9-14-6-2-3-7-15(14)17(12)11-13-5-4-8-16-10-13/h2-3,6-7,12-13,16H,4-5,8-11H2,1H3/t12?,13-/m0/s1. The zero-order valence-electron chi connectivity index (χ0n) is 10.7. The predicted octanol–water partition coefficient (Wildman–Crippen LogP) is 2.44. The third-order valence-electron chi connectivity index (χ3n) is 4.20. The molecule has 1 aromatic carbocycles. The molecule has 2 nitrogen and oxygen atoms in total. The van der Waals surface area contributed by atoms with E-state index in [1.807, 2.05) is 0 Å². The molecule has 0 radical (unpaired) electrons. The van der Waals surface area contributed by atoms with Crippen LogP contribution in [0.1, 0.15) is 25.3 Å². The maximum absolute atomic E-state index is 3.52. The van der Waals surface area contributed by atoms with Crippen molar-refractivity contribution in [3.05, 3.63) is 29.8 Å². The fraction of sp³-hybridized carbons (Fsp3) is 0.600. The molecule has 2 heterocycles. The largest absolute Gasteiger partial charge is 0.368 e. The van der Waals surface area contributed by atoms with Gasteiger partial charge in [-0.05, 0) is 56.8 Å². The second-order valence-corrected chi connectivity index (χ2v) is 5.55. The van der Waals surface area contributed by atoms with Crippen LogP contribution in [0.4, 0.5) is 5.69 Å². The molecular weight excluding hydrogens is 208 g/mol. The van der Waals surface area contributed by atoms with Crippen molar-refractivity contribution < 1.29 is 0 Å². The van der Waals surface area contributed by atoms with E-state index in [0.29, 0.717) is 6.04 Å². The van der Waals surface area contributed by atoms with Gasteiger partial charge in [0.1, 0.15) is 0 Å². The summed E-state index contributed by atoms with van der Waals surface area (Å²) in [6, 6.07) is 9.58. The number of fused-ring (bicyclic) bond motifs is 1. The number of nitrogens with one attached hydrogen (secondary N) is 1. The minimum Gasteiger partial charge on any atom is -0.368 e. The highest BCUT2D eigenvalue weighted by atomic mass is 15.2. The minimum absolute atomic E-state index is 0.675. The lowest BCUT2D eigenvalue weighted by Crippen LogP contribution is -2.40. The van der Waals surface area contributed by atoms with E-state index < -0.39 is 0 Å². The number of hydrogen-bond donors (Lipinski definition) is 1. The van der Waals surface area contributed by atoms with Gasteiger partial charge in [-0.3, -0.25) is 0 Å². The molecule has 92 valence electrons. The molecule has 1 N–H and O–H groups in total. The first-order valence-electron chi connectivity index (χ1n) is 6.90. The van der Waals surface area contributed by atoms with Crippen LogP contribution in [-0.4, -0.2) is 25.7 Å². The van der Waals surface area contributed by atoms with Crippen molar-refractivity contribution >= 4 is 5.69 Å². The van der Waals surface area contributed by atoms with Gasteiger partial charge in [0.2, 0.25) is 0 Å². The molecule has 0 aromatic heterocycles. The van der Waals surface area contributed by atoms with Gasteiger partial charge in [-0.25, -0.2) is 0 Å². The molecule has 1 aromatic rings. The lowest BCUT2D eigenvalue weighted by Gasteiger charge is -2.32. The molecule has 2 atom stereocenters. The van der Waals surface area contributed by atoms with Crippen molar-refractivity contribution in [2.24, 2.45) is 5.92 Å². The van der Waals surface area contributed by atoms with Crippen molar-refractivity contribution in [3.63, 3.8) is 0 Å². The Bertz CT molecular complexity index is 382. The van der Waals surface area contributed by atoms with Crippen LogP contribution in [0.15, 0.2) is 24.3 Å². The minimum atomic E-state index is 0.675. The summed E-state index contributed by atoms with van der Waals surface area (Å²) in [6.45, 7) is 6.00. The first-order chi connectivity index (χ1) is 8.34. The van der Waals surface area contributed by atoms with Gasteiger partial charge in [0.05, 0.1) is 0 Å². The van der Waals surface area contributed by atoms with Crippen molar-refractivity contribution in [2.75, 3.05) is 24.5 Å². The number of rotatable bonds is 2. The Morgan fingerprint density at radius 1 is 1.35 bits per heavy atom. The second kappa shape index (κ2) is 4.69. The number of piperidine rings is 1. The molecule has 1 fully saturated rings. The van der Waals surface area contributed by atoms with E-state index in [1.54, 1.807) is 0 Å². The molecule has 2 aliphatic rings. The Balaban J connectivity index is 1.74. The Hall–Kier alpha value is -1.02. The summed E-state index contributed by atoms with van der Waals surface area (Å²) in [5.41, 5.74) is 3.01. The Morgan fingerprint density at radius 2 is 2.24 bits per heavy atom. The van der Waals surface area contributed by atoms with Crippen LogP contribution in [0.2, 0.25) is 0 Å². The maximum atomic E-state index is 3.52. The number of hydrogen-bond acceptors (Lipinski definition) is 2. The van der Waals surface area contributed by atoms with Gasteiger partial charge in [-0.2, -0.15) is 0 Å². The van der Waals surface area contributed by atoms with Crippen molar-refractivity contribution in [1.29, 1.82) is 0 Å². The lowest BCUT2D eigenvalue weighted by molar-refractivity contribution is 0.372. The normalized spacial score (nSPS) is 28.2. The Morgan fingerprint density at radius 3 is 3.06 bits per heavy atom. The van der Waals surface area contributed by atoms with Gasteiger partial charge in [0, 0.05) is 18.3 Å². The summed E-state index contributed by atoms with van der Waals surface area (Å²) in [7, 11) is 0. The molecule has 3 rings (SSSR count). The monoisotopic (exact) mass is 230 g/mol. The molecule has 2 aliphatic heterocycles. The first kappa shape index (κ1) is 11.1. The summed E-state index contributed by atoms with van der Waals surface area (Å²) in [6.07, 6.45) is 3.95. The maximum Gasteiger partial charge on any atom is 0.0402 e. The highest BCUT2D eigenvalue weighted by molar-refractivity contribution is 5.59. The Kier molecular flexibility index (Phi) is 3.06. The van der Waals surface area contributed by atoms with E-state index in [2.05, 4.69) is 41.4 Å². The lowest BCUT2D eigenvalue weighted by atomic mass is 9.98. The molecule has 0 saturated carbocycles. The molecule has 0 bridgehead atoms. The second-order valence-electron chi connectivity index (χ2n) is 5.55. The molecule has 1 unspecified atom stereocenters. The molecule has 0 spiro atoms. The van der Waals surface area contributed by atoms with Crippen molar-refractivity contribution in [3.8, 4) is 0 Å². The summed E-state index contributed by atoms with van der Waals surface area (Å²) in [4.78, 5) is 2.62. The third kappa shape index (κ3) is 2.19. The first-order valence-corrected chi connectivity index (χ1v) is 6.90. The number of para-hydroxylation sites is 1. The summed E-state index contributed by atoms with van der Waals surface area (Å²) in [5, 5.41) is 3.52. The zero-order chi connectivity index (χ0) is 11.7. The number of benzene rings is 1. The molecule has 0 amide bonds. The summed E-state index contributed by atoms with van der Waals surface area (Å²) in [5.74, 6) is 0.831. The molecule has 0 aliphatic carbocycles.